The van der Waals surface area contributed by atoms with Crippen LogP contribution in [0.15, 0.2) is 59.5 Å². The monoisotopic (exact) mass is 360 g/mol. The van der Waals surface area contributed by atoms with Crippen molar-refractivity contribution in [1.82, 2.24) is 4.31 Å². The quantitative estimate of drug-likeness (QED) is 0.838. The summed E-state index contributed by atoms with van der Waals surface area (Å²) in [6, 6.07) is 14.6. The molecule has 2 aromatic carbocycles. The van der Waals surface area contributed by atoms with Gasteiger partial charge in [0.1, 0.15) is 11.8 Å². The number of hydrogen-bond donors (Lipinski definition) is 0. The van der Waals surface area contributed by atoms with Gasteiger partial charge in [0.15, 0.2) is 0 Å². The second kappa shape index (κ2) is 6.85. The standard InChI is InChI=1S/C18H20N2O4S/c1-14-18(21)19(16-10-6-7-11-17(16)24-2)12-13-20(14)25(22,23)15-8-4-3-5-9-15/h3-11,14H,12-13H2,1-2H3/t14-/m1/s1. The molecule has 3 rings (SSSR count). The fraction of sp³-hybridized carbons (Fsp3) is 0.278. The van der Waals surface area contributed by atoms with Crippen LogP contribution in [0.5, 0.6) is 5.75 Å². The molecule has 0 spiro atoms. The van der Waals surface area contributed by atoms with E-state index >= 15 is 0 Å². The van der Waals surface area contributed by atoms with E-state index in [-0.39, 0.29) is 23.9 Å². The van der Waals surface area contributed by atoms with Crippen LogP contribution in [-0.2, 0) is 14.8 Å². The van der Waals surface area contributed by atoms with Crippen LogP contribution >= 0.6 is 0 Å². The van der Waals surface area contributed by atoms with Crippen LogP contribution < -0.4 is 9.64 Å². The van der Waals surface area contributed by atoms with Crippen LogP contribution in [0.1, 0.15) is 6.92 Å². The van der Waals surface area contributed by atoms with E-state index in [1.165, 1.54) is 4.31 Å². The molecule has 2 aromatic rings. The largest absolute Gasteiger partial charge is 0.495 e. The normalized spacial score (nSPS) is 19.0. The average molecular weight is 360 g/mol. The third-order valence-electron chi connectivity index (χ3n) is 4.33. The van der Waals surface area contributed by atoms with E-state index in [0.29, 0.717) is 11.4 Å². The lowest BCUT2D eigenvalue weighted by Crippen LogP contribution is -2.57. The Kier molecular flexibility index (Phi) is 4.78. The van der Waals surface area contributed by atoms with E-state index in [1.54, 1.807) is 61.4 Å². The van der Waals surface area contributed by atoms with Crippen molar-refractivity contribution >= 4 is 21.6 Å². The number of nitrogens with zero attached hydrogens (tertiary/aromatic N) is 2. The number of carbonyl (C=O) groups excluding carboxylic acids is 1. The van der Waals surface area contributed by atoms with Gasteiger partial charge in [-0.05, 0) is 31.2 Å². The number of rotatable bonds is 4. The van der Waals surface area contributed by atoms with Gasteiger partial charge in [-0.15, -0.1) is 0 Å². The molecule has 0 N–H and O–H groups in total. The zero-order chi connectivity index (χ0) is 18.0. The first-order valence-corrected chi connectivity index (χ1v) is 9.42. The van der Waals surface area contributed by atoms with E-state index < -0.39 is 16.1 Å². The van der Waals surface area contributed by atoms with Gasteiger partial charge in [0.05, 0.1) is 17.7 Å². The summed E-state index contributed by atoms with van der Waals surface area (Å²) in [7, 11) is -2.17. The summed E-state index contributed by atoms with van der Waals surface area (Å²) in [5, 5.41) is 0. The van der Waals surface area contributed by atoms with Crippen molar-refractivity contribution in [2.24, 2.45) is 0 Å². The van der Waals surface area contributed by atoms with Gasteiger partial charge >= 0.3 is 0 Å². The predicted molar refractivity (Wildman–Crippen MR) is 95.1 cm³/mol. The first-order valence-electron chi connectivity index (χ1n) is 7.98. The molecule has 1 fully saturated rings. The van der Waals surface area contributed by atoms with E-state index in [2.05, 4.69) is 0 Å². The van der Waals surface area contributed by atoms with E-state index in [4.69, 9.17) is 4.74 Å². The van der Waals surface area contributed by atoms with Crippen molar-refractivity contribution in [3.8, 4) is 5.75 Å². The van der Waals surface area contributed by atoms with Crippen LogP contribution in [-0.4, -0.2) is 44.9 Å². The molecule has 0 aromatic heterocycles. The first-order chi connectivity index (χ1) is 12.0. The van der Waals surface area contributed by atoms with Crippen molar-refractivity contribution in [3.05, 3.63) is 54.6 Å². The van der Waals surface area contributed by atoms with Gasteiger partial charge < -0.3 is 9.64 Å². The van der Waals surface area contributed by atoms with Crippen LogP contribution in [0.3, 0.4) is 0 Å². The Bertz CT molecular complexity index is 868. The molecule has 0 radical (unpaired) electrons. The maximum Gasteiger partial charge on any atom is 0.245 e. The molecule has 1 aliphatic heterocycles. The Morgan fingerprint density at radius 1 is 1.00 bits per heavy atom. The molecule has 1 saturated heterocycles. The SMILES string of the molecule is COc1ccccc1N1CCN(S(=O)(=O)c2ccccc2)[C@H](C)C1=O. The Balaban J connectivity index is 1.90. The fourth-order valence-electron chi connectivity index (χ4n) is 3.00. The highest BCUT2D eigenvalue weighted by molar-refractivity contribution is 7.89. The van der Waals surface area contributed by atoms with Crippen LogP contribution in [0.4, 0.5) is 5.69 Å². The number of benzene rings is 2. The lowest BCUT2D eigenvalue weighted by atomic mass is 10.2. The summed E-state index contributed by atoms with van der Waals surface area (Å²) < 4.78 is 32.3. The molecule has 25 heavy (non-hydrogen) atoms. The van der Waals surface area contributed by atoms with Crippen LogP contribution in [0.2, 0.25) is 0 Å². The minimum atomic E-state index is -3.71. The summed E-state index contributed by atoms with van der Waals surface area (Å²) >= 11 is 0. The summed E-state index contributed by atoms with van der Waals surface area (Å²) in [4.78, 5) is 14.6. The lowest BCUT2D eigenvalue weighted by Gasteiger charge is -2.38. The molecule has 1 aliphatic rings. The Morgan fingerprint density at radius 2 is 1.64 bits per heavy atom. The van der Waals surface area contributed by atoms with Gasteiger partial charge in [0.25, 0.3) is 0 Å². The Hall–Kier alpha value is -2.38. The molecule has 132 valence electrons. The number of amides is 1. The number of sulfonamides is 1. The van der Waals surface area contributed by atoms with E-state index in [0.717, 1.165) is 0 Å². The number of hydrogen-bond acceptors (Lipinski definition) is 4. The smallest absolute Gasteiger partial charge is 0.245 e. The van der Waals surface area contributed by atoms with Gasteiger partial charge in [-0.25, -0.2) is 8.42 Å². The minimum Gasteiger partial charge on any atom is -0.495 e. The number of carbonyl (C=O) groups is 1. The minimum absolute atomic E-state index is 0.195. The Morgan fingerprint density at radius 3 is 2.32 bits per heavy atom. The fourth-order valence-corrected chi connectivity index (χ4v) is 4.60. The number of ether oxygens (including phenoxy) is 1. The summed E-state index contributed by atoms with van der Waals surface area (Å²) in [5.41, 5.74) is 0.651. The number of methoxy groups -OCH3 is 1. The molecule has 0 unspecified atom stereocenters. The van der Waals surface area contributed by atoms with Crippen molar-refractivity contribution in [2.45, 2.75) is 17.9 Å². The van der Waals surface area contributed by atoms with E-state index in [1.807, 2.05) is 12.1 Å². The van der Waals surface area contributed by atoms with Crippen molar-refractivity contribution in [3.63, 3.8) is 0 Å². The van der Waals surface area contributed by atoms with Crippen LogP contribution in [0.25, 0.3) is 0 Å². The van der Waals surface area contributed by atoms with Crippen molar-refractivity contribution in [2.75, 3.05) is 25.1 Å². The molecule has 7 heteroatoms. The highest BCUT2D eigenvalue weighted by Gasteiger charge is 2.40. The highest BCUT2D eigenvalue weighted by Crippen LogP contribution is 2.31. The van der Waals surface area contributed by atoms with Gasteiger partial charge in [-0.2, -0.15) is 4.31 Å². The van der Waals surface area contributed by atoms with Crippen molar-refractivity contribution < 1.29 is 17.9 Å². The second-order valence-corrected chi connectivity index (χ2v) is 7.66. The number of para-hydroxylation sites is 2. The third-order valence-corrected chi connectivity index (χ3v) is 6.31. The molecule has 1 heterocycles. The zero-order valence-corrected chi connectivity index (χ0v) is 14.9. The molecule has 6 nitrogen and oxygen atoms in total. The molecular weight excluding hydrogens is 340 g/mol. The first kappa shape index (κ1) is 17.4. The maximum atomic E-state index is 12.8. The van der Waals surface area contributed by atoms with Gasteiger partial charge in [-0.3, -0.25) is 4.79 Å². The Labute approximate surface area is 147 Å². The lowest BCUT2D eigenvalue weighted by molar-refractivity contribution is -0.123. The molecule has 0 aliphatic carbocycles. The molecule has 0 saturated carbocycles. The molecule has 1 atom stereocenters. The molecule has 0 bridgehead atoms. The maximum absolute atomic E-state index is 12.8. The van der Waals surface area contributed by atoms with Gasteiger partial charge in [0.2, 0.25) is 15.9 Å². The summed E-state index contributed by atoms with van der Waals surface area (Å²) in [6.07, 6.45) is 0. The summed E-state index contributed by atoms with van der Waals surface area (Å²) in [6.45, 7) is 2.11. The zero-order valence-electron chi connectivity index (χ0n) is 14.1. The van der Waals surface area contributed by atoms with Crippen molar-refractivity contribution in [1.29, 1.82) is 0 Å². The molecular formula is C18H20N2O4S. The predicted octanol–water partition coefficient (Wildman–Crippen LogP) is 2.12. The second-order valence-electron chi connectivity index (χ2n) is 5.77. The summed E-state index contributed by atoms with van der Waals surface area (Å²) in [5.74, 6) is 0.317. The number of piperazine rings is 1. The van der Waals surface area contributed by atoms with Gasteiger partial charge in [0, 0.05) is 13.1 Å². The molecule has 1 amide bonds. The number of anilines is 1. The topological polar surface area (TPSA) is 66.9 Å². The highest BCUT2D eigenvalue weighted by atomic mass is 32.2. The van der Waals surface area contributed by atoms with E-state index in [9.17, 15) is 13.2 Å². The average Bonchev–Trinajstić information content (AvgIpc) is 2.64. The van der Waals surface area contributed by atoms with Crippen LogP contribution in [0, 0.1) is 0 Å². The van der Waals surface area contributed by atoms with Gasteiger partial charge in [-0.1, -0.05) is 30.3 Å². The third kappa shape index (κ3) is 3.12.